The van der Waals surface area contributed by atoms with E-state index in [4.69, 9.17) is 0 Å². The number of ketones is 1. The van der Waals surface area contributed by atoms with Crippen LogP contribution < -0.4 is 0 Å². The summed E-state index contributed by atoms with van der Waals surface area (Å²) in [6.07, 6.45) is 7.50. The molecule has 36 heavy (non-hydrogen) atoms. The number of carbonyl (C=O) groups is 1. The molecule has 2 aromatic carbocycles. The first kappa shape index (κ1) is 25.0. The van der Waals surface area contributed by atoms with Gasteiger partial charge in [0.25, 0.3) is 0 Å². The van der Waals surface area contributed by atoms with Gasteiger partial charge in [-0.2, -0.15) is 23.5 Å². The molecule has 192 valence electrons. The highest BCUT2D eigenvalue weighted by atomic mass is 32.2. The van der Waals surface area contributed by atoms with Gasteiger partial charge in [-0.25, -0.2) is 0 Å². The molecule has 2 heterocycles. The molecule has 0 spiro atoms. The molecule has 0 aromatic heterocycles. The molecule has 0 N–H and O–H groups in total. The van der Waals surface area contributed by atoms with Crippen LogP contribution in [0.1, 0.15) is 88.5 Å². The summed E-state index contributed by atoms with van der Waals surface area (Å²) in [7, 11) is 0. The maximum Gasteiger partial charge on any atom is 0.193 e. The van der Waals surface area contributed by atoms with Gasteiger partial charge < -0.3 is 0 Å². The van der Waals surface area contributed by atoms with Crippen molar-refractivity contribution in [3.05, 3.63) is 69.8 Å². The Morgan fingerprint density at radius 3 is 1.44 bits per heavy atom. The third-order valence-electron chi connectivity index (χ3n) is 8.83. The average molecular weight is 521 g/mol. The predicted octanol–water partition coefficient (Wildman–Crippen LogP) is 6.55. The van der Waals surface area contributed by atoms with Gasteiger partial charge in [0.15, 0.2) is 5.78 Å². The van der Waals surface area contributed by atoms with Crippen molar-refractivity contribution in [2.75, 3.05) is 49.2 Å². The minimum absolute atomic E-state index is 0.264. The maximum absolute atomic E-state index is 14.2. The second-order valence-electron chi connectivity index (χ2n) is 11.2. The largest absolute Gasteiger partial charge is 0.297 e. The molecular weight excluding hydrogens is 480 g/mol. The molecular formula is C31H40N2OS2. The lowest BCUT2D eigenvalue weighted by atomic mass is 9.74. The van der Waals surface area contributed by atoms with Crippen LogP contribution in [0.25, 0.3) is 0 Å². The van der Waals surface area contributed by atoms with Gasteiger partial charge in [-0.1, -0.05) is 49.2 Å². The van der Waals surface area contributed by atoms with Crippen molar-refractivity contribution in [3.8, 4) is 0 Å². The third kappa shape index (κ3) is 5.60. The number of thioether (sulfide) groups is 2. The number of nitrogens with zero attached hydrogens (tertiary/aromatic N) is 2. The summed E-state index contributed by atoms with van der Waals surface area (Å²) >= 11 is 4.13. The van der Waals surface area contributed by atoms with Gasteiger partial charge in [-0.05, 0) is 59.8 Å². The first-order valence-electron chi connectivity index (χ1n) is 14.1. The van der Waals surface area contributed by atoms with E-state index in [-0.39, 0.29) is 5.78 Å². The van der Waals surface area contributed by atoms with Crippen LogP contribution in [0.5, 0.6) is 0 Å². The Labute approximate surface area is 225 Å². The van der Waals surface area contributed by atoms with Crippen molar-refractivity contribution in [2.24, 2.45) is 0 Å². The van der Waals surface area contributed by atoms with Crippen LogP contribution >= 0.6 is 23.5 Å². The van der Waals surface area contributed by atoms with Crippen molar-refractivity contribution in [1.82, 2.24) is 9.80 Å². The monoisotopic (exact) mass is 520 g/mol. The standard InChI is InChI=1S/C31H40N2OS2/c34-31(27-9-7-23(19-29(27)25-3-1-4-25)21-32-11-15-35-16-12-32)28-10-8-24(20-30(28)26-5-2-6-26)22-33-13-17-36-18-14-33/h7-10,19-20,25-26H,1-6,11-18,21-22H2. The SMILES string of the molecule is O=C(c1ccc(CN2CCSCC2)cc1C1CCC1)c1ccc(CN2CCSCC2)cc1C1CCC1. The first-order valence-corrected chi connectivity index (χ1v) is 16.5. The van der Waals surface area contributed by atoms with Gasteiger partial charge in [0.05, 0.1) is 0 Å². The molecule has 6 rings (SSSR count). The zero-order valence-corrected chi connectivity index (χ0v) is 23.2. The van der Waals surface area contributed by atoms with Gasteiger partial charge in [-0.15, -0.1) is 0 Å². The molecule has 2 aliphatic heterocycles. The van der Waals surface area contributed by atoms with Crippen LogP contribution in [0.15, 0.2) is 36.4 Å². The van der Waals surface area contributed by atoms with Crippen LogP contribution in [0.3, 0.4) is 0 Å². The zero-order chi connectivity index (χ0) is 24.3. The van der Waals surface area contributed by atoms with Crippen molar-refractivity contribution < 1.29 is 4.79 Å². The van der Waals surface area contributed by atoms with Crippen LogP contribution in [0.4, 0.5) is 0 Å². The molecule has 4 aliphatic rings. The van der Waals surface area contributed by atoms with Crippen molar-refractivity contribution >= 4 is 29.3 Å². The predicted molar refractivity (Wildman–Crippen MR) is 155 cm³/mol. The lowest BCUT2D eigenvalue weighted by molar-refractivity contribution is 0.103. The molecule has 2 saturated carbocycles. The Morgan fingerprint density at radius 2 is 1.08 bits per heavy atom. The summed E-state index contributed by atoms with van der Waals surface area (Å²) in [4.78, 5) is 19.3. The average Bonchev–Trinajstić information content (AvgIpc) is 2.83. The van der Waals surface area contributed by atoms with E-state index in [0.717, 1.165) is 24.2 Å². The Kier molecular flexibility index (Phi) is 8.09. The summed E-state index contributed by atoms with van der Waals surface area (Å²) < 4.78 is 0. The summed E-state index contributed by atoms with van der Waals surface area (Å²) in [5.74, 6) is 6.34. The molecule has 4 fully saturated rings. The number of carbonyl (C=O) groups excluding carboxylic acids is 1. The fourth-order valence-electron chi connectivity index (χ4n) is 6.13. The fourth-order valence-corrected chi connectivity index (χ4v) is 8.09. The Hall–Kier alpha value is -1.27. The van der Waals surface area contributed by atoms with E-state index in [1.165, 1.54) is 110 Å². The number of rotatable bonds is 8. The van der Waals surface area contributed by atoms with Gasteiger partial charge in [0.2, 0.25) is 0 Å². The van der Waals surface area contributed by atoms with Crippen LogP contribution in [0, 0.1) is 0 Å². The van der Waals surface area contributed by atoms with Crippen molar-refractivity contribution in [1.29, 1.82) is 0 Å². The molecule has 0 unspecified atom stereocenters. The fraction of sp³-hybridized carbons (Fsp3) is 0.581. The Balaban J connectivity index is 1.28. The van der Waals surface area contributed by atoms with E-state index in [1.54, 1.807) is 0 Å². The van der Waals surface area contributed by atoms with Gasteiger partial charge in [-0.3, -0.25) is 14.6 Å². The molecule has 2 aromatic rings. The molecule has 0 radical (unpaired) electrons. The van der Waals surface area contributed by atoms with Crippen LogP contribution in [-0.4, -0.2) is 64.8 Å². The minimum atomic E-state index is 0.264. The van der Waals surface area contributed by atoms with Crippen LogP contribution in [-0.2, 0) is 13.1 Å². The van der Waals surface area contributed by atoms with Gasteiger partial charge >= 0.3 is 0 Å². The van der Waals surface area contributed by atoms with E-state index < -0.39 is 0 Å². The van der Waals surface area contributed by atoms with E-state index in [0.29, 0.717) is 11.8 Å². The van der Waals surface area contributed by atoms with Crippen LogP contribution in [0.2, 0.25) is 0 Å². The highest BCUT2D eigenvalue weighted by Gasteiger charge is 2.29. The molecule has 2 aliphatic carbocycles. The quantitative estimate of drug-likeness (QED) is 0.367. The van der Waals surface area contributed by atoms with Crippen molar-refractivity contribution in [2.45, 2.75) is 63.5 Å². The highest BCUT2D eigenvalue weighted by molar-refractivity contribution is 7.99. The van der Waals surface area contributed by atoms with E-state index in [1.807, 2.05) is 0 Å². The highest BCUT2D eigenvalue weighted by Crippen LogP contribution is 2.42. The number of hydrogen-bond donors (Lipinski definition) is 0. The van der Waals surface area contributed by atoms with E-state index >= 15 is 0 Å². The Morgan fingerprint density at radius 1 is 0.667 bits per heavy atom. The number of benzene rings is 2. The second kappa shape index (κ2) is 11.6. The normalized spacial score (nSPS) is 22.2. The molecule has 0 bridgehead atoms. The minimum Gasteiger partial charge on any atom is -0.297 e. The zero-order valence-electron chi connectivity index (χ0n) is 21.6. The summed E-state index contributed by atoms with van der Waals surface area (Å²) in [6, 6.07) is 13.6. The molecule has 5 heteroatoms. The smallest absolute Gasteiger partial charge is 0.193 e. The Bertz CT molecular complexity index is 983. The maximum atomic E-state index is 14.2. The van der Waals surface area contributed by atoms with E-state index in [2.05, 4.69) is 69.7 Å². The number of hydrogen-bond acceptors (Lipinski definition) is 5. The summed E-state index contributed by atoms with van der Waals surface area (Å²) in [5.41, 5.74) is 7.36. The second-order valence-corrected chi connectivity index (χ2v) is 13.7. The topological polar surface area (TPSA) is 23.6 Å². The van der Waals surface area contributed by atoms with Crippen molar-refractivity contribution in [3.63, 3.8) is 0 Å². The summed E-state index contributed by atoms with van der Waals surface area (Å²) in [5, 5.41) is 0. The lowest BCUT2D eigenvalue weighted by Gasteiger charge is -2.31. The summed E-state index contributed by atoms with van der Waals surface area (Å²) in [6.45, 7) is 6.75. The molecule has 0 atom stereocenters. The third-order valence-corrected chi connectivity index (χ3v) is 10.7. The lowest BCUT2D eigenvalue weighted by Crippen LogP contribution is -2.32. The van der Waals surface area contributed by atoms with Gasteiger partial charge in [0.1, 0.15) is 0 Å². The molecule has 3 nitrogen and oxygen atoms in total. The van der Waals surface area contributed by atoms with Gasteiger partial charge in [0, 0.05) is 73.4 Å². The molecule has 0 amide bonds. The van der Waals surface area contributed by atoms with E-state index in [9.17, 15) is 4.79 Å². The first-order chi connectivity index (χ1) is 17.7. The molecule has 2 saturated heterocycles.